The number of nitrogens with zero attached hydrogens (tertiary/aromatic N) is 3. The second-order valence-electron chi connectivity index (χ2n) is 7.23. The number of likely N-dealkylation sites (tertiary alicyclic amines) is 1. The molecule has 1 aliphatic rings. The Morgan fingerprint density at radius 2 is 1.81 bits per heavy atom. The van der Waals surface area contributed by atoms with Crippen LogP contribution in [0.15, 0.2) is 47.5 Å². The molecule has 0 N–H and O–H groups in total. The summed E-state index contributed by atoms with van der Waals surface area (Å²) in [5.41, 5.74) is 3.24. The molecule has 1 saturated heterocycles. The summed E-state index contributed by atoms with van der Waals surface area (Å²) in [6, 6.07) is 9.99. The first-order valence-electron chi connectivity index (χ1n) is 9.05. The average molecular weight is 365 g/mol. The molecule has 0 radical (unpaired) electrons. The highest BCUT2D eigenvalue weighted by Gasteiger charge is 2.34. The Labute approximate surface area is 157 Å². The molecule has 1 fully saturated rings. The van der Waals surface area contributed by atoms with Crippen molar-refractivity contribution in [3.05, 3.63) is 69.8 Å². The number of carbonyl (C=O) groups is 1. The fraction of sp³-hybridized carbons (Fsp3) is 0.333. The molecule has 0 bridgehead atoms. The van der Waals surface area contributed by atoms with Crippen LogP contribution in [0.2, 0.25) is 0 Å². The number of carbonyl (C=O) groups excluding carboxylic acids is 1. The van der Waals surface area contributed by atoms with Crippen LogP contribution in [-0.2, 0) is 25.4 Å². The van der Waals surface area contributed by atoms with E-state index in [1.807, 2.05) is 48.9 Å². The van der Waals surface area contributed by atoms with Gasteiger partial charge < -0.3 is 18.8 Å². The predicted molar refractivity (Wildman–Crippen MR) is 104 cm³/mol. The Balaban J connectivity index is 1.49. The van der Waals surface area contributed by atoms with Gasteiger partial charge in [0.15, 0.2) is 0 Å². The molecule has 0 atom stereocenters. The Bertz CT molecular complexity index is 1060. The number of ether oxygens (including phenoxy) is 1. The van der Waals surface area contributed by atoms with Crippen LogP contribution in [0.3, 0.4) is 0 Å². The normalized spacial score (nSPS) is 14.6. The van der Waals surface area contributed by atoms with Gasteiger partial charge in [-0.3, -0.25) is 9.59 Å². The SMILES string of the molecule is Cc1cn(C)c(=O)c2c(C(=O)N3CC(OCc4ccccc4)C3)cn(C)c12. The molecule has 27 heavy (non-hydrogen) atoms. The zero-order valence-corrected chi connectivity index (χ0v) is 15.8. The fourth-order valence-corrected chi connectivity index (χ4v) is 3.74. The number of pyridine rings is 1. The van der Waals surface area contributed by atoms with Gasteiger partial charge in [0.1, 0.15) is 0 Å². The predicted octanol–water partition coefficient (Wildman–Crippen LogP) is 2.23. The van der Waals surface area contributed by atoms with E-state index in [1.165, 1.54) is 4.57 Å². The number of fused-ring (bicyclic) bond motifs is 1. The van der Waals surface area contributed by atoms with Crippen LogP contribution in [0.4, 0.5) is 0 Å². The molecule has 6 heteroatoms. The van der Waals surface area contributed by atoms with E-state index >= 15 is 0 Å². The number of benzene rings is 1. The number of hydrogen-bond acceptors (Lipinski definition) is 3. The standard InChI is InChI=1S/C21H23N3O3/c1-14-9-23(3)21(26)18-17(12-22(2)19(14)18)20(25)24-10-16(11-24)27-13-15-7-5-4-6-8-15/h4-9,12,16H,10-11,13H2,1-3H3. The van der Waals surface area contributed by atoms with Crippen molar-refractivity contribution in [2.24, 2.45) is 14.1 Å². The van der Waals surface area contributed by atoms with Gasteiger partial charge in [-0.1, -0.05) is 30.3 Å². The van der Waals surface area contributed by atoms with Crippen LogP contribution in [0.5, 0.6) is 0 Å². The first-order chi connectivity index (χ1) is 13.0. The molecule has 140 valence electrons. The maximum Gasteiger partial charge on any atom is 0.260 e. The summed E-state index contributed by atoms with van der Waals surface area (Å²) < 4.78 is 9.27. The summed E-state index contributed by atoms with van der Waals surface area (Å²) in [5.74, 6) is -0.108. The lowest BCUT2D eigenvalue weighted by Crippen LogP contribution is -2.54. The third-order valence-corrected chi connectivity index (χ3v) is 5.17. The molecule has 1 amide bonds. The van der Waals surface area contributed by atoms with Gasteiger partial charge >= 0.3 is 0 Å². The molecule has 0 spiro atoms. The Morgan fingerprint density at radius 3 is 2.52 bits per heavy atom. The monoisotopic (exact) mass is 365 g/mol. The quantitative estimate of drug-likeness (QED) is 0.712. The number of rotatable bonds is 4. The van der Waals surface area contributed by atoms with E-state index in [0.29, 0.717) is 30.6 Å². The minimum Gasteiger partial charge on any atom is -0.370 e. The van der Waals surface area contributed by atoms with Gasteiger partial charge in [-0.05, 0) is 18.1 Å². The maximum absolute atomic E-state index is 13.0. The number of aromatic nitrogens is 2. The summed E-state index contributed by atoms with van der Waals surface area (Å²) in [7, 11) is 3.58. The first-order valence-corrected chi connectivity index (χ1v) is 9.05. The topological polar surface area (TPSA) is 56.5 Å². The summed E-state index contributed by atoms with van der Waals surface area (Å²) in [6.45, 7) is 3.59. The third kappa shape index (κ3) is 3.06. The van der Waals surface area contributed by atoms with Crippen molar-refractivity contribution in [2.75, 3.05) is 13.1 Å². The van der Waals surface area contributed by atoms with Crippen molar-refractivity contribution in [1.82, 2.24) is 14.0 Å². The van der Waals surface area contributed by atoms with Crippen LogP contribution >= 0.6 is 0 Å². The third-order valence-electron chi connectivity index (χ3n) is 5.17. The zero-order chi connectivity index (χ0) is 19.1. The van der Waals surface area contributed by atoms with Crippen molar-refractivity contribution >= 4 is 16.8 Å². The van der Waals surface area contributed by atoms with Gasteiger partial charge in [-0.15, -0.1) is 0 Å². The summed E-state index contributed by atoms with van der Waals surface area (Å²) in [6.07, 6.45) is 3.60. The zero-order valence-electron chi connectivity index (χ0n) is 15.8. The van der Waals surface area contributed by atoms with E-state index in [9.17, 15) is 9.59 Å². The molecule has 0 aliphatic carbocycles. The van der Waals surface area contributed by atoms with Crippen molar-refractivity contribution in [3.63, 3.8) is 0 Å². The van der Waals surface area contributed by atoms with Gasteiger partial charge in [0.2, 0.25) is 0 Å². The fourth-order valence-electron chi connectivity index (χ4n) is 3.74. The average Bonchev–Trinajstić information content (AvgIpc) is 2.97. The second-order valence-corrected chi connectivity index (χ2v) is 7.23. The summed E-state index contributed by atoms with van der Waals surface area (Å²) in [5, 5.41) is 0.499. The Morgan fingerprint density at radius 1 is 1.11 bits per heavy atom. The van der Waals surface area contributed by atoms with E-state index in [4.69, 9.17) is 4.74 Å². The molecule has 4 rings (SSSR count). The lowest BCUT2D eigenvalue weighted by atomic mass is 10.1. The molecule has 1 aromatic carbocycles. The molecule has 6 nitrogen and oxygen atoms in total. The highest BCUT2D eigenvalue weighted by atomic mass is 16.5. The highest BCUT2D eigenvalue weighted by Crippen LogP contribution is 2.24. The molecule has 1 aliphatic heterocycles. The molecule has 3 aromatic rings. The van der Waals surface area contributed by atoms with Crippen molar-refractivity contribution in [2.45, 2.75) is 19.6 Å². The van der Waals surface area contributed by atoms with Gasteiger partial charge in [-0.2, -0.15) is 0 Å². The minimum absolute atomic E-state index is 0.0358. The van der Waals surface area contributed by atoms with Gasteiger partial charge in [0.25, 0.3) is 11.5 Å². The molecule has 3 heterocycles. The number of hydrogen-bond donors (Lipinski definition) is 0. The van der Waals surface area contributed by atoms with Crippen molar-refractivity contribution < 1.29 is 9.53 Å². The van der Waals surface area contributed by atoms with E-state index < -0.39 is 0 Å². The lowest BCUT2D eigenvalue weighted by molar-refractivity contribution is -0.0502. The van der Waals surface area contributed by atoms with E-state index in [1.54, 1.807) is 24.3 Å². The maximum atomic E-state index is 13.0. The van der Waals surface area contributed by atoms with Crippen molar-refractivity contribution in [1.29, 1.82) is 0 Å². The Hall–Kier alpha value is -2.86. The van der Waals surface area contributed by atoms with Crippen LogP contribution in [-0.4, -0.2) is 39.1 Å². The van der Waals surface area contributed by atoms with Gasteiger partial charge in [-0.25, -0.2) is 0 Å². The summed E-state index contributed by atoms with van der Waals surface area (Å²) >= 11 is 0. The van der Waals surface area contributed by atoms with Crippen LogP contribution in [0.1, 0.15) is 21.5 Å². The van der Waals surface area contributed by atoms with E-state index in [2.05, 4.69) is 0 Å². The van der Waals surface area contributed by atoms with Crippen LogP contribution in [0.25, 0.3) is 10.9 Å². The van der Waals surface area contributed by atoms with E-state index in [0.717, 1.165) is 16.6 Å². The number of aryl methyl sites for hydroxylation is 3. The van der Waals surface area contributed by atoms with Crippen molar-refractivity contribution in [3.8, 4) is 0 Å². The second kappa shape index (κ2) is 6.70. The molecular weight excluding hydrogens is 342 g/mol. The minimum atomic E-state index is -0.142. The van der Waals surface area contributed by atoms with Crippen LogP contribution < -0.4 is 5.56 Å². The van der Waals surface area contributed by atoms with Crippen LogP contribution in [0, 0.1) is 6.92 Å². The summed E-state index contributed by atoms with van der Waals surface area (Å²) in [4.78, 5) is 27.3. The molecule has 0 saturated carbocycles. The molecule has 0 unspecified atom stereocenters. The highest BCUT2D eigenvalue weighted by molar-refractivity contribution is 6.07. The number of amides is 1. The lowest BCUT2D eigenvalue weighted by Gasteiger charge is -2.38. The Kier molecular flexibility index (Phi) is 4.36. The largest absolute Gasteiger partial charge is 0.370 e. The first kappa shape index (κ1) is 17.5. The molecule has 2 aromatic heterocycles. The van der Waals surface area contributed by atoms with Gasteiger partial charge in [0.05, 0.1) is 29.2 Å². The molecular formula is C21H23N3O3. The van der Waals surface area contributed by atoms with E-state index in [-0.39, 0.29) is 17.6 Å². The smallest absolute Gasteiger partial charge is 0.260 e. The van der Waals surface area contributed by atoms with Gasteiger partial charge in [0, 0.05) is 39.6 Å².